The van der Waals surface area contributed by atoms with Gasteiger partial charge in [0.1, 0.15) is 6.10 Å². The minimum Gasteiger partial charge on any atom is -0.449 e. The Morgan fingerprint density at radius 2 is 1.95 bits per heavy atom. The second-order valence-corrected chi connectivity index (χ2v) is 5.56. The number of hydrogen-bond donors (Lipinski definition) is 2. The summed E-state index contributed by atoms with van der Waals surface area (Å²) in [6.45, 7) is -0.733. The molecule has 0 aromatic heterocycles. The second-order valence-electron chi connectivity index (χ2n) is 4.32. The van der Waals surface area contributed by atoms with E-state index in [1.165, 1.54) is 12.1 Å². The number of aliphatic hydroxyl groups is 2. The second kappa shape index (κ2) is 6.50. The minimum atomic E-state index is -1.56. The summed E-state index contributed by atoms with van der Waals surface area (Å²) in [5.74, 6) is -3.09. The van der Waals surface area contributed by atoms with Crippen molar-refractivity contribution in [2.45, 2.75) is 18.3 Å². The Balaban J connectivity index is 2.15. The van der Waals surface area contributed by atoms with Gasteiger partial charge in [-0.05, 0) is 46.9 Å². The topological polar surface area (TPSA) is 110 Å². The largest absolute Gasteiger partial charge is 0.449 e. The number of ketones is 1. The summed E-state index contributed by atoms with van der Waals surface area (Å²) in [5.41, 5.74) is 0.194. The molecule has 7 nitrogen and oxygen atoms in total. The number of carbonyl (C=O) groups is 3. The number of carbonyl (C=O) groups excluding carboxylic acids is 3. The van der Waals surface area contributed by atoms with Crippen LogP contribution >= 0.6 is 22.6 Å². The fourth-order valence-corrected chi connectivity index (χ4v) is 2.14. The van der Waals surface area contributed by atoms with Gasteiger partial charge >= 0.3 is 11.9 Å². The summed E-state index contributed by atoms with van der Waals surface area (Å²) in [5, 5.41) is 18.4. The summed E-state index contributed by atoms with van der Waals surface area (Å²) in [6, 6.07) is 6.36. The number of aliphatic hydroxyl groups excluding tert-OH is 2. The van der Waals surface area contributed by atoms with Crippen molar-refractivity contribution in [1.82, 2.24) is 0 Å². The number of esters is 2. The lowest BCUT2D eigenvalue weighted by molar-refractivity contribution is -0.152. The van der Waals surface area contributed by atoms with Crippen LogP contribution in [0, 0.1) is 3.57 Å². The van der Waals surface area contributed by atoms with Crippen LogP contribution in [0.1, 0.15) is 10.4 Å². The van der Waals surface area contributed by atoms with Crippen molar-refractivity contribution in [1.29, 1.82) is 0 Å². The molecule has 21 heavy (non-hydrogen) atoms. The van der Waals surface area contributed by atoms with E-state index in [2.05, 4.69) is 27.3 Å². The van der Waals surface area contributed by atoms with Crippen molar-refractivity contribution in [2.75, 3.05) is 6.61 Å². The van der Waals surface area contributed by atoms with Crippen molar-refractivity contribution in [3.05, 3.63) is 33.4 Å². The highest BCUT2D eigenvalue weighted by Crippen LogP contribution is 2.20. The Bertz CT molecular complexity index is 568. The highest BCUT2D eigenvalue weighted by molar-refractivity contribution is 14.1. The van der Waals surface area contributed by atoms with Crippen LogP contribution in [-0.4, -0.2) is 52.9 Å². The third-order valence-electron chi connectivity index (χ3n) is 2.88. The van der Waals surface area contributed by atoms with Gasteiger partial charge in [-0.1, -0.05) is 0 Å². The molecule has 0 spiro atoms. The van der Waals surface area contributed by atoms with Gasteiger partial charge in [0.05, 0.1) is 12.2 Å². The van der Waals surface area contributed by atoms with E-state index in [0.29, 0.717) is 0 Å². The third-order valence-corrected chi connectivity index (χ3v) is 3.60. The molecule has 1 aromatic rings. The monoisotopic (exact) mass is 406 g/mol. The maximum absolute atomic E-state index is 11.9. The highest BCUT2D eigenvalue weighted by Gasteiger charge is 2.49. The summed E-state index contributed by atoms with van der Waals surface area (Å²) < 4.78 is 10.5. The number of benzene rings is 1. The molecule has 8 heteroatoms. The molecule has 1 aliphatic rings. The van der Waals surface area contributed by atoms with E-state index in [4.69, 9.17) is 9.84 Å². The zero-order valence-electron chi connectivity index (χ0n) is 10.6. The Labute approximate surface area is 133 Å². The van der Waals surface area contributed by atoms with Gasteiger partial charge in [0.25, 0.3) is 5.78 Å². The molecule has 1 fully saturated rings. The molecule has 112 valence electrons. The van der Waals surface area contributed by atoms with Crippen LogP contribution < -0.4 is 0 Å². The molecule has 1 aromatic carbocycles. The lowest BCUT2D eigenvalue weighted by Gasteiger charge is -2.20. The van der Waals surface area contributed by atoms with Crippen molar-refractivity contribution in [2.24, 2.45) is 0 Å². The van der Waals surface area contributed by atoms with E-state index in [1.54, 1.807) is 12.1 Å². The number of cyclic esters (lactones) is 1. The van der Waals surface area contributed by atoms with Crippen LogP contribution in [0.15, 0.2) is 24.3 Å². The zero-order valence-corrected chi connectivity index (χ0v) is 12.7. The van der Waals surface area contributed by atoms with Crippen LogP contribution in [-0.2, 0) is 19.1 Å². The molecule has 1 aliphatic heterocycles. The van der Waals surface area contributed by atoms with Gasteiger partial charge in [-0.15, -0.1) is 0 Å². The molecule has 0 amide bonds. The highest BCUT2D eigenvalue weighted by atomic mass is 127. The lowest BCUT2D eigenvalue weighted by atomic mass is 10.1. The molecule has 1 unspecified atom stereocenters. The van der Waals surface area contributed by atoms with Crippen molar-refractivity contribution in [3.8, 4) is 0 Å². The van der Waals surface area contributed by atoms with E-state index < -0.39 is 42.6 Å². The molecule has 0 radical (unpaired) electrons. The minimum absolute atomic E-state index is 0.194. The van der Waals surface area contributed by atoms with E-state index in [9.17, 15) is 19.5 Å². The van der Waals surface area contributed by atoms with E-state index in [1.807, 2.05) is 0 Å². The fourth-order valence-electron chi connectivity index (χ4n) is 1.78. The van der Waals surface area contributed by atoms with E-state index in [0.717, 1.165) is 3.57 Å². The lowest BCUT2D eigenvalue weighted by Crippen LogP contribution is -2.41. The fraction of sp³-hybridized carbons (Fsp3) is 0.308. The predicted molar refractivity (Wildman–Crippen MR) is 76.3 cm³/mol. The maximum atomic E-state index is 11.9. The Morgan fingerprint density at radius 1 is 1.33 bits per heavy atom. The average molecular weight is 406 g/mol. The maximum Gasteiger partial charge on any atom is 0.379 e. The van der Waals surface area contributed by atoms with Gasteiger partial charge in [-0.25, -0.2) is 9.59 Å². The number of hydrogen-bond acceptors (Lipinski definition) is 7. The molecule has 1 saturated heterocycles. The average Bonchev–Trinajstić information content (AvgIpc) is 2.75. The van der Waals surface area contributed by atoms with Crippen molar-refractivity contribution in [3.63, 3.8) is 0 Å². The third kappa shape index (κ3) is 3.39. The van der Waals surface area contributed by atoms with E-state index in [-0.39, 0.29) is 5.56 Å². The first-order valence-corrected chi connectivity index (χ1v) is 7.02. The van der Waals surface area contributed by atoms with Gasteiger partial charge in [0.2, 0.25) is 6.10 Å². The summed E-state index contributed by atoms with van der Waals surface area (Å²) >= 11 is 2.06. The smallest absolute Gasteiger partial charge is 0.379 e. The van der Waals surface area contributed by atoms with E-state index >= 15 is 0 Å². The molecular weight excluding hydrogens is 395 g/mol. The first-order valence-electron chi connectivity index (χ1n) is 5.94. The first kappa shape index (κ1) is 15.9. The number of Topliss-reactive ketones (excluding diaryl/α,β-unsaturated/α-hetero) is 1. The number of rotatable bonds is 4. The summed E-state index contributed by atoms with van der Waals surface area (Å²) in [6.07, 6.45) is -4.47. The summed E-state index contributed by atoms with van der Waals surface area (Å²) in [7, 11) is 0. The molecule has 0 bridgehead atoms. The van der Waals surface area contributed by atoms with Gasteiger partial charge in [0.15, 0.2) is 6.10 Å². The van der Waals surface area contributed by atoms with Gasteiger partial charge in [-0.3, -0.25) is 4.79 Å². The molecule has 0 aliphatic carbocycles. The molecule has 3 atom stereocenters. The summed E-state index contributed by atoms with van der Waals surface area (Å²) in [4.78, 5) is 34.8. The van der Waals surface area contributed by atoms with Crippen LogP contribution in [0.3, 0.4) is 0 Å². The van der Waals surface area contributed by atoms with Gasteiger partial charge in [0, 0.05) is 3.57 Å². The Hall–Kier alpha value is -1.52. The molecule has 2 rings (SSSR count). The molecule has 2 N–H and O–H groups in total. The van der Waals surface area contributed by atoms with Crippen molar-refractivity contribution >= 4 is 40.3 Å². The van der Waals surface area contributed by atoms with Gasteiger partial charge in [-0.2, -0.15) is 0 Å². The SMILES string of the molecule is O=C1O[C@H]([C@@H](O)CO)C(OC(=O)c2ccc(I)cc2)C1=O. The van der Waals surface area contributed by atoms with Crippen LogP contribution in [0.5, 0.6) is 0 Å². The Morgan fingerprint density at radius 3 is 2.52 bits per heavy atom. The standard InChI is InChI=1S/C13H11IO7/c14-7-3-1-6(2-4-7)12(18)21-11-9(17)13(19)20-10(11)8(16)5-15/h1-4,8,10-11,15-16H,5H2/t8-,10+,11?/m0/s1. The molecule has 1 heterocycles. The van der Waals surface area contributed by atoms with Crippen LogP contribution in [0.4, 0.5) is 0 Å². The first-order chi connectivity index (χ1) is 9.93. The predicted octanol–water partition coefficient (Wildman–Crippen LogP) is -0.336. The van der Waals surface area contributed by atoms with Gasteiger partial charge < -0.3 is 19.7 Å². The molecular formula is C13H11IO7. The number of halogens is 1. The quantitative estimate of drug-likeness (QED) is 0.400. The normalized spacial score (nSPS) is 22.8. The Kier molecular flexibility index (Phi) is 4.91. The van der Waals surface area contributed by atoms with Crippen LogP contribution in [0.2, 0.25) is 0 Å². The van der Waals surface area contributed by atoms with Crippen molar-refractivity contribution < 1.29 is 34.1 Å². The number of ether oxygens (including phenoxy) is 2. The zero-order chi connectivity index (χ0) is 15.6. The van der Waals surface area contributed by atoms with Crippen LogP contribution in [0.25, 0.3) is 0 Å². The molecule has 0 saturated carbocycles.